The van der Waals surface area contributed by atoms with Crippen LogP contribution in [0.4, 0.5) is 0 Å². The van der Waals surface area contributed by atoms with Crippen LogP contribution < -0.4 is 0 Å². The first-order valence-corrected chi connectivity index (χ1v) is 17.7. The lowest BCUT2D eigenvalue weighted by atomic mass is 9.44. The van der Waals surface area contributed by atoms with Crippen molar-refractivity contribution in [2.45, 2.75) is 122 Å². The lowest BCUT2D eigenvalue weighted by Gasteiger charge is -2.61. The number of ether oxygens (including phenoxy) is 2. The molecule has 1 spiro atoms. The second-order valence-electron chi connectivity index (χ2n) is 15.4. The number of aryl methyl sites for hydroxylation is 1. The van der Waals surface area contributed by atoms with Crippen molar-refractivity contribution in [2.75, 3.05) is 6.61 Å². The van der Waals surface area contributed by atoms with Crippen molar-refractivity contribution in [3.8, 4) is 0 Å². The van der Waals surface area contributed by atoms with Crippen LogP contribution >= 0.6 is 0 Å². The van der Waals surface area contributed by atoms with Gasteiger partial charge >= 0.3 is 0 Å². The molecule has 0 bridgehead atoms. The molecule has 2 aliphatic heterocycles. The molecule has 7 rings (SSSR count). The zero-order valence-corrected chi connectivity index (χ0v) is 26.0. The summed E-state index contributed by atoms with van der Waals surface area (Å²) in [6, 6.07) is 7.04. The molecule has 12 atom stereocenters. The van der Waals surface area contributed by atoms with E-state index in [-0.39, 0.29) is 22.2 Å². The Morgan fingerprint density at radius 1 is 0.875 bits per heavy atom. The summed E-state index contributed by atoms with van der Waals surface area (Å²) in [7, 11) is -3.73. The molecule has 2 heterocycles. The van der Waals surface area contributed by atoms with Crippen LogP contribution in [0.15, 0.2) is 29.2 Å². The number of fused-ring (bicyclic) bond motifs is 7. The van der Waals surface area contributed by atoms with Crippen LogP contribution in [0.25, 0.3) is 0 Å². The Hall–Kier alpha value is -0.950. The third kappa shape index (κ3) is 4.12. The Balaban J connectivity index is 1.05. The second-order valence-corrected chi connectivity index (χ2v) is 17.0. The quantitative estimate of drug-likeness (QED) is 0.352. The lowest BCUT2D eigenvalue weighted by molar-refractivity contribution is -0.273. The van der Waals surface area contributed by atoms with Crippen molar-refractivity contribution in [2.24, 2.45) is 52.3 Å². The first kappa shape index (κ1) is 27.9. The van der Waals surface area contributed by atoms with Crippen LogP contribution in [0, 0.1) is 59.2 Å². The van der Waals surface area contributed by atoms with Crippen LogP contribution in [0.5, 0.6) is 0 Å². The number of rotatable bonds is 3. The van der Waals surface area contributed by atoms with Gasteiger partial charge in [0.15, 0.2) is 5.79 Å². The molecule has 1 aromatic carbocycles. The topological polar surface area (TPSA) is 61.8 Å². The predicted molar refractivity (Wildman–Crippen MR) is 155 cm³/mol. The van der Waals surface area contributed by atoms with Gasteiger partial charge in [0.1, 0.15) is 0 Å². The zero-order valence-electron chi connectivity index (χ0n) is 25.2. The molecule has 2 saturated heterocycles. The van der Waals surface area contributed by atoms with Gasteiger partial charge in [0, 0.05) is 12.3 Å². The third-order valence-corrected chi connectivity index (χ3v) is 14.8. The fraction of sp³-hybridized carbons (Fsp3) is 0.824. The number of hydrogen-bond donors (Lipinski definition) is 0. The highest BCUT2D eigenvalue weighted by Gasteiger charge is 2.69. The molecule has 6 aliphatic rings. The van der Waals surface area contributed by atoms with Gasteiger partial charge in [0.25, 0.3) is 10.1 Å². The summed E-state index contributed by atoms with van der Waals surface area (Å²) >= 11 is 0. The normalized spacial score (nSPS) is 50.2. The van der Waals surface area contributed by atoms with E-state index in [1.165, 1.54) is 38.5 Å². The maximum Gasteiger partial charge on any atom is 0.297 e. The summed E-state index contributed by atoms with van der Waals surface area (Å²) < 4.78 is 45.4. The van der Waals surface area contributed by atoms with E-state index in [0.29, 0.717) is 35.2 Å². The fourth-order valence-corrected chi connectivity index (χ4v) is 12.4. The minimum Gasteiger partial charge on any atom is -0.349 e. The van der Waals surface area contributed by atoms with Crippen LogP contribution in [0.1, 0.15) is 97.5 Å². The van der Waals surface area contributed by atoms with E-state index in [4.69, 9.17) is 13.7 Å². The Morgan fingerprint density at radius 3 is 2.35 bits per heavy atom. The largest absolute Gasteiger partial charge is 0.349 e. The average molecular weight is 571 g/mol. The summed E-state index contributed by atoms with van der Waals surface area (Å²) in [5, 5.41) is 0. The molecule has 0 amide bonds. The monoisotopic (exact) mass is 570 g/mol. The molecule has 222 valence electrons. The van der Waals surface area contributed by atoms with Crippen molar-refractivity contribution >= 4 is 10.1 Å². The van der Waals surface area contributed by atoms with Crippen LogP contribution in [-0.2, 0) is 23.8 Å². The van der Waals surface area contributed by atoms with Gasteiger partial charge in [-0.25, -0.2) is 0 Å². The van der Waals surface area contributed by atoms with Crippen molar-refractivity contribution in [1.82, 2.24) is 0 Å². The molecule has 5 nitrogen and oxygen atoms in total. The van der Waals surface area contributed by atoms with E-state index in [0.717, 1.165) is 55.6 Å². The molecule has 0 radical (unpaired) electrons. The highest BCUT2D eigenvalue weighted by molar-refractivity contribution is 7.86. The summed E-state index contributed by atoms with van der Waals surface area (Å²) in [5.41, 5.74) is 1.68. The predicted octanol–water partition coefficient (Wildman–Crippen LogP) is 7.52. The molecule has 40 heavy (non-hydrogen) atoms. The van der Waals surface area contributed by atoms with Gasteiger partial charge in [-0.05, 0) is 123 Å². The number of hydrogen-bond acceptors (Lipinski definition) is 5. The van der Waals surface area contributed by atoms with E-state index in [2.05, 4.69) is 27.7 Å². The molecule has 0 aromatic heterocycles. The fourth-order valence-electron chi connectivity index (χ4n) is 11.3. The SMILES string of the molecule is Cc1ccc(S(=O)(=O)O[C@H]2CC[C@@]3(C)[C@@H](CC[C@@H]4[C@@H]3CC[C@]3(C)[C@@H]5[C@H](C[C@@H]43)O[C@]3(CC[C@@H](C)CO3)[C@H]5C)C2)cc1. The summed E-state index contributed by atoms with van der Waals surface area (Å²) in [4.78, 5) is 0.278. The lowest BCUT2D eigenvalue weighted by Crippen LogP contribution is -2.55. The van der Waals surface area contributed by atoms with Crippen molar-refractivity contribution in [3.05, 3.63) is 29.8 Å². The molecule has 1 aromatic rings. The average Bonchev–Trinajstić information content (AvgIpc) is 3.36. The second kappa shape index (κ2) is 9.53. The van der Waals surface area contributed by atoms with E-state index >= 15 is 0 Å². The van der Waals surface area contributed by atoms with Gasteiger partial charge in [-0.2, -0.15) is 8.42 Å². The molecule has 4 saturated carbocycles. The minimum atomic E-state index is -3.73. The Kier molecular flexibility index (Phi) is 6.63. The Bertz CT molecular complexity index is 1220. The zero-order chi connectivity index (χ0) is 28.1. The first-order chi connectivity index (χ1) is 19.0. The van der Waals surface area contributed by atoms with Crippen LogP contribution in [0.2, 0.25) is 0 Å². The molecule has 6 fully saturated rings. The molecule has 6 heteroatoms. The molecule has 4 aliphatic carbocycles. The standard InChI is InChI=1S/C34H50O5S/c1-21-6-9-26(10-7-21)40(35,36)39-25-13-15-32(4)24(18-25)8-11-27-28(32)14-16-33(5)29(27)19-30-31(33)23(3)34(38-30)17-12-22(2)20-37-34/h6-7,9-10,22-25,27-31H,8,11-20H2,1-5H3/t22-,23+,24+,25+,27-,28+,29+,30+,31+,32+,33+,34-/m1/s1. The maximum atomic E-state index is 13.0. The molecular weight excluding hydrogens is 520 g/mol. The van der Waals surface area contributed by atoms with Crippen molar-refractivity contribution < 1.29 is 22.1 Å². The van der Waals surface area contributed by atoms with Crippen LogP contribution in [-0.4, -0.2) is 33.0 Å². The van der Waals surface area contributed by atoms with Gasteiger partial charge in [-0.1, -0.05) is 45.4 Å². The molecule has 0 N–H and O–H groups in total. The Labute approximate surface area is 242 Å². The van der Waals surface area contributed by atoms with E-state index in [1.807, 2.05) is 19.1 Å². The summed E-state index contributed by atoms with van der Waals surface area (Å²) in [5.74, 6) is 4.14. The smallest absolute Gasteiger partial charge is 0.297 e. The van der Waals surface area contributed by atoms with Gasteiger partial charge in [-0.3, -0.25) is 4.18 Å². The Morgan fingerprint density at radius 2 is 1.62 bits per heavy atom. The molecular formula is C34H50O5S. The van der Waals surface area contributed by atoms with Crippen molar-refractivity contribution in [1.29, 1.82) is 0 Å². The highest BCUT2D eigenvalue weighted by atomic mass is 32.2. The summed E-state index contributed by atoms with van der Waals surface area (Å²) in [6.45, 7) is 12.7. The van der Waals surface area contributed by atoms with Crippen molar-refractivity contribution in [3.63, 3.8) is 0 Å². The highest BCUT2D eigenvalue weighted by Crippen LogP contribution is 2.71. The molecule has 0 unspecified atom stereocenters. The third-order valence-electron chi connectivity index (χ3n) is 13.5. The minimum absolute atomic E-state index is 0.204. The van der Waals surface area contributed by atoms with Gasteiger partial charge in [0.05, 0.1) is 23.7 Å². The van der Waals surface area contributed by atoms with Gasteiger partial charge in [0.2, 0.25) is 0 Å². The van der Waals surface area contributed by atoms with E-state index < -0.39 is 10.1 Å². The van der Waals surface area contributed by atoms with Gasteiger partial charge < -0.3 is 9.47 Å². The number of benzene rings is 1. The summed E-state index contributed by atoms with van der Waals surface area (Å²) in [6.07, 6.45) is 11.5. The van der Waals surface area contributed by atoms with Crippen LogP contribution in [0.3, 0.4) is 0 Å². The maximum absolute atomic E-state index is 13.0. The van der Waals surface area contributed by atoms with Gasteiger partial charge in [-0.15, -0.1) is 0 Å². The van der Waals surface area contributed by atoms with E-state index in [1.54, 1.807) is 12.1 Å². The van der Waals surface area contributed by atoms with E-state index in [9.17, 15) is 8.42 Å². The first-order valence-electron chi connectivity index (χ1n) is 16.3.